The lowest BCUT2D eigenvalue weighted by molar-refractivity contribution is 0.406. The van der Waals surface area contributed by atoms with Crippen molar-refractivity contribution in [1.82, 2.24) is 10.6 Å². The summed E-state index contributed by atoms with van der Waals surface area (Å²) in [6, 6.07) is 10.3. The second-order valence-corrected chi connectivity index (χ2v) is 5.68. The number of phenols is 1. The Labute approximate surface area is 170 Å². The molecule has 26 heavy (non-hydrogen) atoms. The van der Waals surface area contributed by atoms with Gasteiger partial charge in [0.2, 0.25) is 0 Å². The number of rotatable bonds is 6. The molecule has 7 heteroatoms. The summed E-state index contributed by atoms with van der Waals surface area (Å²) in [5.74, 6) is 1.28. The van der Waals surface area contributed by atoms with Gasteiger partial charge in [0.15, 0.2) is 5.96 Å². The minimum absolute atomic E-state index is 0. The molecule has 0 amide bonds. The first-order valence-corrected chi connectivity index (χ1v) is 8.09. The highest BCUT2D eigenvalue weighted by molar-refractivity contribution is 14.0. The third-order valence-corrected chi connectivity index (χ3v) is 3.89. The number of hydrogen-bond acceptors (Lipinski definition) is 3. The molecule has 2 rings (SSSR count). The molecule has 0 aliphatic rings. The molecule has 0 spiro atoms. The summed E-state index contributed by atoms with van der Waals surface area (Å²) < 4.78 is 18.4. The summed E-state index contributed by atoms with van der Waals surface area (Å²) in [5.41, 5.74) is 2.43. The van der Waals surface area contributed by atoms with E-state index in [1.54, 1.807) is 33.2 Å². The fraction of sp³-hybridized carbons (Fsp3) is 0.316. The van der Waals surface area contributed by atoms with E-state index in [1.165, 1.54) is 6.07 Å². The highest BCUT2D eigenvalue weighted by atomic mass is 127. The summed E-state index contributed by atoms with van der Waals surface area (Å²) in [7, 11) is 3.25. The molecule has 2 aromatic carbocycles. The van der Waals surface area contributed by atoms with Crippen molar-refractivity contribution >= 4 is 29.9 Å². The monoisotopic (exact) mass is 473 g/mol. The van der Waals surface area contributed by atoms with Gasteiger partial charge in [-0.15, -0.1) is 24.0 Å². The topological polar surface area (TPSA) is 65.9 Å². The van der Waals surface area contributed by atoms with Gasteiger partial charge in [-0.3, -0.25) is 4.99 Å². The van der Waals surface area contributed by atoms with Gasteiger partial charge in [0, 0.05) is 26.2 Å². The van der Waals surface area contributed by atoms with Crippen LogP contribution in [0, 0.1) is 12.7 Å². The number of aliphatic imine (C=N–C) groups is 1. The first-order valence-electron chi connectivity index (χ1n) is 8.09. The van der Waals surface area contributed by atoms with Gasteiger partial charge < -0.3 is 20.5 Å². The number of nitrogens with zero attached hydrogens (tertiary/aromatic N) is 1. The Morgan fingerprint density at radius 2 is 1.96 bits per heavy atom. The quantitative estimate of drug-likeness (QED) is 0.342. The van der Waals surface area contributed by atoms with Crippen LogP contribution in [-0.4, -0.2) is 31.8 Å². The second kappa shape index (κ2) is 10.8. The number of aromatic hydroxyl groups is 1. The number of nitrogens with one attached hydrogen (secondary N) is 2. The van der Waals surface area contributed by atoms with Crippen LogP contribution in [0.4, 0.5) is 4.39 Å². The van der Waals surface area contributed by atoms with Gasteiger partial charge in [0.25, 0.3) is 0 Å². The zero-order valence-electron chi connectivity index (χ0n) is 15.2. The van der Waals surface area contributed by atoms with Crippen molar-refractivity contribution in [2.24, 2.45) is 4.99 Å². The van der Waals surface area contributed by atoms with Crippen molar-refractivity contribution in [3.63, 3.8) is 0 Å². The van der Waals surface area contributed by atoms with Gasteiger partial charge in [-0.25, -0.2) is 4.39 Å². The smallest absolute Gasteiger partial charge is 0.191 e. The average molecular weight is 473 g/mol. The molecule has 0 aliphatic carbocycles. The number of ether oxygens (including phenoxy) is 1. The van der Waals surface area contributed by atoms with Crippen LogP contribution in [0.25, 0.3) is 0 Å². The number of methoxy groups -OCH3 is 1. The van der Waals surface area contributed by atoms with Crippen molar-refractivity contribution in [2.75, 3.05) is 20.7 Å². The number of benzene rings is 2. The number of phenolic OH excluding ortho intramolecular Hbond substituents is 1. The van der Waals surface area contributed by atoms with E-state index < -0.39 is 0 Å². The highest BCUT2D eigenvalue weighted by Crippen LogP contribution is 2.23. The van der Waals surface area contributed by atoms with E-state index in [2.05, 4.69) is 15.6 Å². The molecule has 0 bridgehead atoms. The molecule has 3 N–H and O–H groups in total. The van der Waals surface area contributed by atoms with Crippen LogP contribution in [0.15, 0.2) is 41.4 Å². The molecule has 0 saturated heterocycles. The summed E-state index contributed by atoms with van der Waals surface area (Å²) >= 11 is 0. The largest absolute Gasteiger partial charge is 0.508 e. The molecule has 142 valence electrons. The summed E-state index contributed by atoms with van der Waals surface area (Å²) in [5, 5.41) is 16.3. The minimum Gasteiger partial charge on any atom is -0.508 e. The van der Waals surface area contributed by atoms with Crippen molar-refractivity contribution in [3.05, 3.63) is 58.9 Å². The zero-order chi connectivity index (χ0) is 18.2. The predicted molar refractivity (Wildman–Crippen MR) is 113 cm³/mol. The molecule has 0 atom stereocenters. The van der Waals surface area contributed by atoms with Crippen LogP contribution in [0.5, 0.6) is 11.5 Å². The van der Waals surface area contributed by atoms with Crippen molar-refractivity contribution in [3.8, 4) is 11.5 Å². The fourth-order valence-corrected chi connectivity index (χ4v) is 2.42. The molecule has 0 aromatic heterocycles. The van der Waals surface area contributed by atoms with Gasteiger partial charge in [-0.2, -0.15) is 0 Å². The van der Waals surface area contributed by atoms with E-state index in [4.69, 9.17) is 4.74 Å². The number of guanidine groups is 1. The maximum absolute atomic E-state index is 13.3. The van der Waals surface area contributed by atoms with E-state index in [9.17, 15) is 9.50 Å². The Morgan fingerprint density at radius 1 is 1.19 bits per heavy atom. The summed E-state index contributed by atoms with van der Waals surface area (Å²) in [6.07, 6.45) is 0.645. The van der Waals surface area contributed by atoms with Crippen LogP contribution in [-0.2, 0) is 13.0 Å². The normalized spacial score (nSPS) is 10.8. The Morgan fingerprint density at radius 3 is 2.58 bits per heavy atom. The lowest BCUT2D eigenvalue weighted by Gasteiger charge is -2.13. The molecule has 5 nitrogen and oxygen atoms in total. The van der Waals surface area contributed by atoms with Crippen molar-refractivity contribution in [1.29, 1.82) is 0 Å². The van der Waals surface area contributed by atoms with Gasteiger partial charge >= 0.3 is 0 Å². The van der Waals surface area contributed by atoms with Gasteiger partial charge in [0.05, 0.1) is 7.11 Å². The first-order chi connectivity index (χ1) is 12.0. The highest BCUT2D eigenvalue weighted by Gasteiger charge is 2.05. The molecular formula is C19H25FIN3O2. The standard InChI is InChI=1S/C19H24FN3O2.HI/c1-13-10-14(4-7-17(13)20)12-23-19(21-2)22-9-8-15-5-6-16(25-3)11-18(15)24;/h4-7,10-11,24H,8-9,12H2,1-3H3,(H2,21,22,23);1H. The first kappa shape index (κ1) is 22.0. The van der Waals surface area contributed by atoms with Crippen molar-refractivity contribution in [2.45, 2.75) is 19.9 Å². The minimum atomic E-state index is -0.203. The van der Waals surface area contributed by atoms with E-state index in [0.717, 1.165) is 11.1 Å². The maximum Gasteiger partial charge on any atom is 0.191 e. The molecule has 2 aromatic rings. The molecule has 0 unspecified atom stereocenters. The summed E-state index contributed by atoms with van der Waals surface area (Å²) in [6.45, 7) is 2.91. The van der Waals surface area contributed by atoms with Crippen LogP contribution < -0.4 is 15.4 Å². The van der Waals surface area contributed by atoms with E-state index in [1.807, 2.05) is 18.2 Å². The fourth-order valence-electron chi connectivity index (χ4n) is 2.42. The van der Waals surface area contributed by atoms with Crippen LogP contribution in [0.1, 0.15) is 16.7 Å². The van der Waals surface area contributed by atoms with Crippen LogP contribution in [0.3, 0.4) is 0 Å². The number of halogens is 2. The van der Waals surface area contributed by atoms with Crippen LogP contribution in [0.2, 0.25) is 0 Å². The van der Waals surface area contributed by atoms with E-state index in [-0.39, 0.29) is 35.5 Å². The molecule has 0 fully saturated rings. The van der Waals surface area contributed by atoms with Gasteiger partial charge in [0.1, 0.15) is 17.3 Å². The number of aryl methyl sites for hydroxylation is 1. The average Bonchev–Trinajstić information content (AvgIpc) is 2.61. The Bertz CT molecular complexity index is 754. The Kier molecular flexibility index (Phi) is 9.18. The van der Waals surface area contributed by atoms with Gasteiger partial charge in [-0.05, 0) is 42.2 Å². The lowest BCUT2D eigenvalue weighted by atomic mass is 10.1. The molecule has 0 saturated carbocycles. The van der Waals surface area contributed by atoms with E-state index in [0.29, 0.717) is 36.8 Å². The second-order valence-electron chi connectivity index (χ2n) is 5.68. The molecular weight excluding hydrogens is 448 g/mol. The molecule has 0 heterocycles. The van der Waals surface area contributed by atoms with E-state index >= 15 is 0 Å². The third-order valence-electron chi connectivity index (χ3n) is 3.89. The lowest BCUT2D eigenvalue weighted by Crippen LogP contribution is -2.37. The SMILES string of the molecule is CN=C(NCCc1ccc(OC)cc1O)NCc1ccc(F)c(C)c1.I. The molecule has 0 radical (unpaired) electrons. The van der Waals surface area contributed by atoms with Gasteiger partial charge in [-0.1, -0.05) is 18.2 Å². The summed E-state index contributed by atoms with van der Waals surface area (Å²) in [4.78, 5) is 4.16. The molecule has 0 aliphatic heterocycles. The third kappa shape index (κ3) is 6.36. The van der Waals surface area contributed by atoms with Crippen LogP contribution >= 0.6 is 24.0 Å². The predicted octanol–water partition coefficient (Wildman–Crippen LogP) is 3.37. The number of hydrogen-bond donors (Lipinski definition) is 3. The van der Waals surface area contributed by atoms with Crippen molar-refractivity contribution < 1.29 is 14.2 Å². The zero-order valence-corrected chi connectivity index (χ0v) is 17.5. The Balaban J connectivity index is 0.00000338. The maximum atomic E-state index is 13.3. The Hall–Kier alpha value is -2.03.